The summed E-state index contributed by atoms with van der Waals surface area (Å²) in [5.74, 6) is -2.20. The van der Waals surface area contributed by atoms with Crippen LogP contribution in [0.2, 0.25) is 0 Å². The van der Waals surface area contributed by atoms with E-state index in [9.17, 15) is 19.5 Å². The molecule has 0 aliphatic carbocycles. The van der Waals surface area contributed by atoms with E-state index in [0.717, 1.165) is 5.56 Å². The highest BCUT2D eigenvalue weighted by Gasteiger charge is 2.18. The highest BCUT2D eigenvalue weighted by molar-refractivity contribution is 9.10. The minimum atomic E-state index is -1.20. The molecule has 0 saturated heterocycles. The normalized spacial score (nSPS) is 10.9. The number of halogens is 2. The molecule has 3 aromatic carbocycles. The van der Waals surface area contributed by atoms with E-state index in [-0.39, 0.29) is 34.8 Å². The molecule has 0 aliphatic heterocycles. The highest BCUT2D eigenvalue weighted by Crippen LogP contribution is 2.34. The summed E-state index contributed by atoms with van der Waals surface area (Å²) in [6.45, 7) is 0.296. The Morgan fingerprint density at radius 1 is 0.951 bits per heavy atom. The molecule has 5 rings (SSSR count). The molecule has 2 aromatic heterocycles. The molecular formula is C31H22BrFN2O6. The molecule has 1 N–H and O–H groups in total. The van der Waals surface area contributed by atoms with Crippen molar-refractivity contribution in [3.05, 3.63) is 128 Å². The molecule has 0 aliphatic rings. The van der Waals surface area contributed by atoms with Crippen LogP contribution in [0.5, 0.6) is 17.2 Å². The number of fused-ring (bicyclic) bond motifs is 1. The summed E-state index contributed by atoms with van der Waals surface area (Å²) in [5.41, 5.74) is 1.12. The zero-order valence-electron chi connectivity index (χ0n) is 21.6. The van der Waals surface area contributed by atoms with Crippen LogP contribution in [-0.4, -0.2) is 33.5 Å². The van der Waals surface area contributed by atoms with Crippen molar-refractivity contribution in [1.82, 2.24) is 9.55 Å². The predicted molar refractivity (Wildman–Crippen MR) is 154 cm³/mol. The maximum atomic E-state index is 15.1. The highest BCUT2D eigenvalue weighted by atomic mass is 79.9. The summed E-state index contributed by atoms with van der Waals surface area (Å²) in [7, 11) is 1.35. The third-order valence-electron chi connectivity index (χ3n) is 6.38. The van der Waals surface area contributed by atoms with Crippen LogP contribution in [0.1, 0.15) is 31.8 Å². The Labute approximate surface area is 241 Å². The lowest BCUT2D eigenvalue weighted by molar-refractivity contribution is 0.0693. The van der Waals surface area contributed by atoms with Gasteiger partial charge in [0.25, 0.3) is 5.56 Å². The largest absolute Gasteiger partial charge is 0.496 e. The zero-order chi connectivity index (χ0) is 29.1. The number of methoxy groups -OCH3 is 1. The second-order valence-corrected chi connectivity index (χ2v) is 10.1. The Kier molecular flexibility index (Phi) is 7.93. The number of hydrogen-bond acceptors (Lipinski definition) is 6. The topological polar surface area (TPSA) is 108 Å². The lowest BCUT2D eigenvalue weighted by Crippen LogP contribution is -2.27. The van der Waals surface area contributed by atoms with Gasteiger partial charge < -0.3 is 19.1 Å². The number of rotatable bonds is 9. The van der Waals surface area contributed by atoms with Crippen molar-refractivity contribution in [3.63, 3.8) is 0 Å². The first-order chi connectivity index (χ1) is 19.7. The molecule has 8 nitrogen and oxygen atoms in total. The van der Waals surface area contributed by atoms with Crippen LogP contribution >= 0.6 is 15.9 Å². The first-order valence-electron chi connectivity index (χ1n) is 12.4. The molecule has 10 heteroatoms. The number of carboxylic acids is 1. The van der Waals surface area contributed by atoms with Gasteiger partial charge in [-0.05, 0) is 57.4 Å². The molecule has 206 valence electrons. The molecule has 0 unspecified atom stereocenters. The molecule has 0 amide bonds. The molecule has 0 saturated carbocycles. The summed E-state index contributed by atoms with van der Waals surface area (Å²) < 4.78 is 28.1. The average molecular weight is 617 g/mol. The fourth-order valence-electron chi connectivity index (χ4n) is 4.41. The van der Waals surface area contributed by atoms with Crippen LogP contribution in [0, 0.1) is 5.82 Å². The molecule has 0 atom stereocenters. The number of carbonyl (C=O) groups is 2. The number of carboxylic acid groups (broad SMARTS) is 1. The van der Waals surface area contributed by atoms with Gasteiger partial charge >= 0.3 is 5.97 Å². The molecule has 0 spiro atoms. The number of aromatic nitrogens is 2. The number of ketones is 1. The molecule has 2 heterocycles. The van der Waals surface area contributed by atoms with Crippen LogP contribution < -0.4 is 15.0 Å². The third kappa shape index (κ3) is 6.02. The van der Waals surface area contributed by atoms with Gasteiger partial charge in [0.2, 0.25) is 0 Å². The van der Waals surface area contributed by atoms with E-state index in [1.54, 1.807) is 6.20 Å². The number of ether oxygens (including phenoxy) is 2. The van der Waals surface area contributed by atoms with Crippen molar-refractivity contribution in [2.75, 3.05) is 7.11 Å². The van der Waals surface area contributed by atoms with E-state index >= 15 is 4.39 Å². The van der Waals surface area contributed by atoms with Crippen LogP contribution in [0.25, 0.3) is 10.9 Å². The molecule has 0 radical (unpaired) electrons. The van der Waals surface area contributed by atoms with Crippen molar-refractivity contribution in [3.8, 4) is 17.2 Å². The van der Waals surface area contributed by atoms with Crippen LogP contribution in [-0.2, 0) is 13.0 Å². The summed E-state index contributed by atoms with van der Waals surface area (Å²) in [6, 6.07) is 19.2. The Hall–Kier alpha value is -4.83. The van der Waals surface area contributed by atoms with Crippen LogP contribution in [0.15, 0.2) is 94.5 Å². The summed E-state index contributed by atoms with van der Waals surface area (Å²) >= 11 is 3.37. The lowest BCUT2D eigenvalue weighted by Gasteiger charge is -2.12. The molecule has 0 fully saturated rings. The van der Waals surface area contributed by atoms with Gasteiger partial charge in [0, 0.05) is 34.7 Å². The van der Waals surface area contributed by atoms with Gasteiger partial charge in [-0.2, -0.15) is 0 Å². The number of Topliss-reactive ketones (excluding diaryl/α,β-unsaturated/α-hetero) is 1. The number of nitrogens with zero attached hydrogens (tertiary/aromatic N) is 2. The van der Waals surface area contributed by atoms with Crippen molar-refractivity contribution in [1.29, 1.82) is 0 Å². The maximum absolute atomic E-state index is 15.1. The molecule has 41 heavy (non-hydrogen) atoms. The summed E-state index contributed by atoms with van der Waals surface area (Å²) in [5, 5.41) is 9.88. The zero-order valence-corrected chi connectivity index (χ0v) is 23.2. The smallest absolute Gasteiger partial charge is 0.339 e. The van der Waals surface area contributed by atoms with Crippen molar-refractivity contribution in [2.45, 2.75) is 13.0 Å². The Balaban J connectivity index is 1.38. The second-order valence-electron chi connectivity index (χ2n) is 9.14. The molecular weight excluding hydrogens is 595 g/mol. The van der Waals surface area contributed by atoms with Gasteiger partial charge in [-0.25, -0.2) is 9.18 Å². The Morgan fingerprint density at radius 3 is 2.44 bits per heavy atom. The Bertz CT molecular complexity index is 1860. The van der Waals surface area contributed by atoms with E-state index in [1.165, 1.54) is 60.3 Å². The maximum Gasteiger partial charge on any atom is 0.339 e. The molecule has 0 bridgehead atoms. The van der Waals surface area contributed by atoms with Gasteiger partial charge in [0.05, 0.1) is 24.7 Å². The lowest BCUT2D eigenvalue weighted by atomic mass is 10.0. The van der Waals surface area contributed by atoms with Gasteiger partial charge in [0.1, 0.15) is 17.1 Å². The number of hydrogen-bond donors (Lipinski definition) is 1. The fraction of sp³-hybridized carbons (Fsp3) is 0.0968. The first kappa shape index (κ1) is 27.7. The second kappa shape index (κ2) is 11.7. The monoisotopic (exact) mass is 616 g/mol. The molecule has 5 aromatic rings. The van der Waals surface area contributed by atoms with E-state index in [0.29, 0.717) is 27.5 Å². The van der Waals surface area contributed by atoms with Gasteiger partial charge in [-0.15, -0.1) is 0 Å². The van der Waals surface area contributed by atoms with E-state index in [1.807, 2.05) is 30.3 Å². The Morgan fingerprint density at radius 2 is 1.73 bits per heavy atom. The van der Waals surface area contributed by atoms with E-state index < -0.39 is 23.1 Å². The van der Waals surface area contributed by atoms with Gasteiger partial charge in [-0.1, -0.05) is 36.4 Å². The minimum absolute atomic E-state index is 0.0102. The average Bonchev–Trinajstić information content (AvgIpc) is 2.96. The van der Waals surface area contributed by atoms with Crippen LogP contribution in [0.4, 0.5) is 4.39 Å². The standard InChI is InChI=1S/C31H22BrFN2O6/c1-40-29-15-25-21(14-23(29)31(38)39)27(9-10-34-25)41-28-8-7-19(11-24(28)33)12-26(36)22-13-20(32)17-35(30(22)37)16-18-5-3-2-4-6-18/h2-11,13-15,17H,12,16H2,1H3,(H,38,39). The SMILES string of the molecule is COc1cc2nccc(Oc3ccc(CC(=O)c4cc(Br)cn(Cc5ccccc5)c4=O)cc3F)c2cc1C(=O)O. The number of aromatic carboxylic acids is 1. The number of benzene rings is 3. The van der Waals surface area contributed by atoms with Crippen molar-refractivity contribution < 1.29 is 28.6 Å². The summed E-state index contributed by atoms with van der Waals surface area (Å²) in [6.07, 6.45) is 2.87. The number of carbonyl (C=O) groups excluding carboxylic acids is 1. The fourth-order valence-corrected chi connectivity index (χ4v) is 4.88. The first-order valence-corrected chi connectivity index (χ1v) is 13.2. The number of pyridine rings is 2. The van der Waals surface area contributed by atoms with E-state index in [4.69, 9.17) is 9.47 Å². The van der Waals surface area contributed by atoms with Gasteiger partial charge in [-0.3, -0.25) is 14.6 Å². The van der Waals surface area contributed by atoms with Crippen LogP contribution in [0.3, 0.4) is 0 Å². The summed E-state index contributed by atoms with van der Waals surface area (Å²) in [4.78, 5) is 42.1. The predicted octanol–water partition coefficient (Wildman–Crippen LogP) is 6.27. The van der Waals surface area contributed by atoms with Crippen molar-refractivity contribution >= 4 is 38.6 Å². The minimum Gasteiger partial charge on any atom is -0.496 e. The quantitative estimate of drug-likeness (QED) is 0.194. The van der Waals surface area contributed by atoms with Gasteiger partial charge in [0.15, 0.2) is 17.3 Å². The van der Waals surface area contributed by atoms with Crippen molar-refractivity contribution in [2.24, 2.45) is 0 Å². The van der Waals surface area contributed by atoms with E-state index in [2.05, 4.69) is 20.9 Å². The third-order valence-corrected chi connectivity index (χ3v) is 6.82.